The molecule has 156 valence electrons. The zero-order valence-corrected chi connectivity index (χ0v) is 18.4. The number of nitrogens with zero attached hydrogens (tertiary/aromatic N) is 1. The summed E-state index contributed by atoms with van der Waals surface area (Å²) in [5.41, 5.74) is 1.66. The van der Waals surface area contributed by atoms with Crippen molar-refractivity contribution in [1.82, 2.24) is 10.2 Å². The van der Waals surface area contributed by atoms with Crippen molar-refractivity contribution < 1.29 is 14.3 Å². The van der Waals surface area contributed by atoms with Crippen LogP contribution in [0.15, 0.2) is 42.5 Å². The number of halogens is 2. The molecule has 2 aromatic carbocycles. The number of carbonyl (C=O) groups is 2. The van der Waals surface area contributed by atoms with Crippen molar-refractivity contribution in [3.8, 4) is 5.75 Å². The molecule has 2 amide bonds. The zero-order chi connectivity index (χ0) is 21.4. The lowest BCUT2D eigenvalue weighted by molar-refractivity contribution is -0.140. The molecular formula is C22H26Cl2N2O3. The molecule has 2 aromatic rings. The van der Waals surface area contributed by atoms with Gasteiger partial charge in [0.15, 0.2) is 0 Å². The molecule has 0 saturated heterocycles. The maximum absolute atomic E-state index is 13.2. The second-order valence-electron chi connectivity index (χ2n) is 6.61. The van der Waals surface area contributed by atoms with E-state index in [0.29, 0.717) is 23.0 Å². The van der Waals surface area contributed by atoms with Crippen molar-refractivity contribution in [3.63, 3.8) is 0 Å². The van der Waals surface area contributed by atoms with Gasteiger partial charge < -0.3 is 15.0 Å². The Morgan fingerprint density at radius 3 is 2.24 bits per heavy atom. The smallest absolute Gasteiger partial charge is 0.242 e. The molecule has 0 saturated carbocycles. The molecule has 0 fully saturated rings. The maximum atomic E-state index is 13.2. The Labute approximate surface area is 181 Å². The highest BCUT2D eigenvalue weighted by molar-refractivity contribution is 6.42. The summed E-state index contributed by atoms with van der Waals surface area (Å²) in [6.07, 6.45) is 0.683. The third kappa shape index (κ3) is 6.38. The van der Waals surface area contributed by atoms with Crippen molar-refractivity contribution >= 4 is 35.0 Å². The topological polar surface area (TPSA) is 58.6 Å². The largest absolute Gasteiger partial charge is 0.497 e. The second-order valence-corrected chi connectivity index (χ2v) is 7.43. The van der Waals surface area contributed by atoms with E-state index in [1.807, 2.05) is 44.2 Å². The van der Waals surface area contributed by atoms with Gasteiger partial charge in [-0.1, -0.05) is 48.3 Å². The minimum atomic E-state index is -0.574. The number of amides is 2. The average molecular weight is 437 g/mol. The molecule has 0 spiro atoms. The number of hydrogen-bond donors (Lipinski definition) is 1. The van der Waals surface area contributed by atoms with E-state index in [9.17, 15) is 9.59 Å². The van der Waals surface area contributed by atoms with Crippen molar-refractivity contribution in [2.75, 3.05) is 13.7 Å². The molecule has 0 aromatic heterocycles. The average Bonchev–Trinajstić information content (AvgIpc) is 2.71. The monoisotopic (exact) mass is 436 g/mol. The molecule has 0 unspecified atom stereocenters. The van der Waals surface area contributed by atoms with Crippen LogP contribution >= 0.6 is 23.2 Å². The highest BCUT2D eigenvalue weighted by atomic mass is 35.5. The lowest BCUT2D eigenvalue weighted by atomic mass is 10.1. The van der Waals surface area contributed by atoms with E-state index in [0.717, 1.165) is 16.9 Å². The summed E-state index contributed by atoms with van der Waals surface area (Å²) in [5.74, 6) is 0.417. The first kappa shape index (κ1) is 23.0. The first-order chi connectivity index (χ1) is 13.9. The van der Waals surface area contributed by atoms with Crippen molar-refractivity contribution in [2.45, 2.75) is 39.3 Å². The second kappa shape index (κ2) is 11.1. The summed E-state index contributed by atoms with van der Waals surface area (Å²) in [6.45, 7) is 4.51. The molecule has 0 aliphatic carbocycles. The Balaban J connectivity index is 2.29. The summed E-state index contributed by atoms with van der Waals surface area (Å²) in [7, 11) is 1.59. The van der Waals surface area contributed by atoms with Gasteiger partial charge in [0, 0.05) is 13.1 Å². The van der Waals surface area contributed by atoms with Gasteiger partial charge in [-0.2, -0.15) is 0 Å². The number of carbonyl (C=O) groups excluding carboxylic acids is 2. The van der Waals surface area contributed by atoms with Crippen LogP contribution < -0.4 is 10.1 Å². The van der Waals surface area contributed by atoms with E-state index in [1.54, 1.807) is 24.1 Å². The fraction of sp³-hybridized carbons (Fsp3) is 0.364. The summed E-state index contributed by atoms with van der Waals surface area (Å²) in [5, 5.41) is 3.68. The van der Waals surface area contributed by atoms with Gasteiger partial charge >= 0.3 is 0 Å². The van der Waals surface area contributed by atoms with Gasteiger partial charge in [0.1, 0.15) is 11.8 Å². The number of methoxy groups -OCH3 is 1. The van der Waals surface area contributed by atoms with Gasteiger partial charge in [-0.3, -0.25) is 9.59 Å². The van der Waals surface area contributed by atoms with E-state index >= 15 is 0 Å². The molecule has 1 N–H and O–H groups in total. The van der Waals surface area contributed by atoms with Crippen LogP contribution in [-0.2, 0) is 22.6 Å². The minimum absolute atomic E-state index is 0.139. The Morgan fingerprint density at radius 1 is 1.03 bits per heavy atom. The quantitative estimate of drug-likeness (QED) is 0.629. The summed E-state index contributed by atoms with van der Waals surface area (Å²) >= 11 is 12.1. The Bertz CT molecular complexity index is 840. The van der Waals surface area contributed by atoms with E-state index in [-0.39, 0.29) is 24.8 Å². The predicted molar refractivity (Wildman–Crippen MR) is 116 cm³/mol. The fourth-order valence-electron chi connectivity index (χ4n) is 3.07. The van der Waals surface area contributed by atoms with Crippen molar-refractivity contribution in [2.24, 2.45) is 0 Å². The van der Waals surface area contributed by atoms with Gasteiger partial charge in [0.25, 0.3) is 0 Å². The van der Waals surface area contributed by atoms with Crippen LogP contribution in [0.5, 0.6) is 5.75 Å². The molecule has 0 aliphatic rings. The Morgan fingerprint density at radius 2 is 1.69 bits per heavy atom. The molecule has 1 atom stereocenters. The SMILES string of the molecule is CCNC(=O)[C@@H](CC)N(Cc1ccc(Cl)c(Cl)c1)C(=O)Cc1ccc(OC)cc1. The number of rotatable bonds is 9. The molecule has 0 heterocycles. The highest BCUT2D eigenvalue weighted by Gasteiger charge is 2.28. The van der Waals surface area contributed by atoms with Crippen LogP contribution in [0.25, 0.3) is 0 Å². The Hall–Kier alpha value is -2.24. The number of nitrogens with one attached hydrogen (secondary N) is 1. The van der Waals surface area contributed by atoms with E-state index in [1.165, 1.54) is 0 Å². The lowest BCUT2D eigenvalue weighted by Gasteiger charge is -2.30. The summed E-state index contributed by atoms with van der Waals surface area (Å²) in [4.78, 5) is 27.4. The fourth-order valence-corrected chi connectivity index (χ4v) is 3.39. The molecule has 0 radical (unpaired) electrons. The van der Waals surface area contributed by atoms with Crippen LogP contribution in [0.4, 0.5) is 0 Å². The van der Waals surface area contributed by atoms with Crippen LogP contribution in [0.3, 0.4) is 0 Å². The Kier molecular flexibility index (Phi) is 8.80. The molecule has 0 aliphatic heterocycles. The number of ether oxygens (including phenoxy) is 1. The van der Waals surface area contributed by atoms with Crippen LogP contribution in [0, 0.1) is 0 Å². The van der Waals surface area contributed by atoms with Gasteiger partial charge in [0.2, 0.25) is 11.8 Å². The third-order valence-corrected chi connectivity index (χ3v) is 5.33. The zero-order valence-electron chi connectivity index (χ0n) is 16.9. The molecule has 7 heteroatoms. The first-order valence-corrected chi connectivity index (χ1v) is 10.3. The van der Waals surface area contributed by atoms with E-state index < -0.39 is 6.04 Å². The van der Waals surface area contributed by atoms with Gasteiger partial charge in [-0.05, 0) is 48.7 Å². The number of likely N-dealkylation sites (N-methyl/N-ethyl adjacent to an activating group) is 1. The lowest BCUT2D eigenvalue weighted by Crippen LogP contribution is -2.49. The van der Waals surface area contributed by atoms with Gasteiger partial charge in [0.05, 0.1) is 23.6 Å². The molecule has 2 rings (SSSR count). The van der Waals surface area contributed by atoms with Crippen LogP contribution in [-0.4, -0.2) is 36.4 Å². The molecule has 0 bridgehead atoms. The first-order valence-electron chi connectivity index (χ1n) is 9.53. The number of hydrogen-bond acceptors (Lipinski definition) is 3. The normalized spacial score (nSPS) is 11.6. The van der Waals surface area contributed by atoms with Crippen molar-refractivity contribution in [3.05, 3.63) is 63.6 Å². The van der Waals surface area contributed by atoms with Gasteiger partial charge in [-0.25, -0.2) is 0 Å². The van der Waals surface area contributed by atoms with Crippen molar-refractivity contribution in [1.29, 1.82) is 0 Å². The van der Waals surface area contributed by atoms with E-state index in [2.05, 4.69) is 5.32 Å². The minimum Gasteiger partial charge on any atom is -0.497 e. The van der Waals surface area contributed by atoms with Crippen LogP contribution in [0.2, 0.25) is 10.0 Å². The molecule has 5 nitrogen and oxygen atoms in total. The highest BCUT2D eigenvalue weighted by Crippen LogP contribution is 2.24. The predicted octanol–water partition coefficient (Wildman–Crippen LogP) is 4.49. The standard InChI is InChI=1S/C22H26Cl2N2O3/c1-4-20(22(28)25-5-2)26(14-16-8-11-18(23)19(24)12-16)21(27)13-15-6-9-17(29-3)10-7-15/h6-12,20H,4-5,13-14H2,1-3H3,(H,25,28)/t20-/m1/s1. The number of benzene rings is 2. The summed E-state index contributed by atoms with van der Waals surface area (Å²) in [6, 6.07) is 12.0. The third-order valence-electron chi connectivity index (χ3n) is 4.59. The molecular weight excluding hydrogens is 411 g/mol. The van der Waals surface area contributed by atoms with Gasteiger partial charge in [-0.15, -0.1) is 0 Å². The summed E-state index contributed by atoms with van der Waals surface area (Å²) < 4.78 is 5.16. The van der Waals surface area contributed by atoms with Crippen LogP contribution in [0.1, 0.15) is 31.4 Å². The van der Waals surface area contributed by atoms with E-state index in [4.69, 9.17) is 27.9 Å². The molecule has 29 heavy (non-hydrogen) atoms. The maximum Gasteiger partial charge on any atom is 0.242 e.